The molecule has 0 aliphatic heterocycles. The maximum Gasteiger partial charge on any atom is 0.0621 e. The second-order valence-electron chi connectivity index (χ2n) is 1.82. The van der Waals surface area contributed by atoms with Crippen LogP contribution in [-0.4, -0.2) is 0 Å². The summed E-state index contributed by atoms with van der Waals surface area (Å²) in [6.45, 7) is 3.98. The molecule has 0 unspecified atom stereocenters. The summed E-state index contributed by atoms with van der Waals surface area (Å²) < 4.78 is 0. The van der Waals surface area contributed by atoms with Gasteiger partial charge in [0.2, 0.25) is 0 Å². The Morgan fingerprint density at radius 2 is 1.20 bits per heavy atom. The molecular weight excluding hydrogens is 124 g/mol. The van der Waals surface area contributed by atoms with E-state index in [2.05, 4.69) is 0 Å². The average molecular weight is 138 g/mol. The molecule has 10 heavy (non-hydrogen) atoms. The minimum Gasteiger partial charge on any atom is -0.198 e. The van der Waals surface area contributed by atoms with Crippen LogP contribution in [-0.2, 0) is 0 Å². The van der Waals surface area contributed by atoms with Crippen LogP contribution in [0.4, 0.5) is 0 Å². The van der Waals surface area contributed by atoms with Gasteiger partial charge in [0, 0.05) is 12.8 Å². The van der Waals surface area contributed by atoms with Gasteiger partial charge in [0.05, 0.1) is 12.1 Å². The SMILES string of the molecule is CCCC#N.CCCC#N. The normalized spacial score (nSPS) is 6.40. The third-order valence-electron chi connectivity index (χ3n) is 0.724. The molecule has 2 heteroatoms. The van der Waals surface area contributed by atoms with Gasteiger partial charge >= 0.3 is 0 Å². The summed E-state index contributed by atoms with van der Waals surface area (Å²) in [5.74, 6) is 0. The van der Waals surface area contributed by atoms with Crippen LogP contribution < -0.4 is 0 Å². The van der Waals surface area contributed by atoms with Crippen molar-refractivity contribution in [3.05, 3.63) is 0 Å². The van der Waals surface area contributed by atoms with Gasteiger partial charge in [-0.05, 0) is 12.8 Å². The molecule has 2 nitrogen and oxygen atoms in total. The van der Waals surface area contributed by atoms with Gasteiger partial charge in [-0.25, -0.2) is 0 Å². The molecule has 0 fully saturated rings. The number of nitrogens with zero attached hydrogens (tertiary/aromatic N) is 2. The van der Waals surface area contributed by atoms with Crippen molar-refractivity contribution in [3.8, 4) is 12.1 Å². The largest absolute Gasteiger partial charge is 0.198 e. The Labute approximate surface area is 63.1 Å². The first-order valence-corrected chi connectivity index (χ1v) is 3.57. The molecule has 0 N–H and O–H groups in total. The first-order valence-electron chi connectivity index (χ1n) is 3.57. The fraction of sp³-hybridized carbons (Fsp3) is 0.750. The van der Waals surface area contributed by atoms with Gasteiger partial charge in [-0.3, -0.25) is 0 Å². The van der Waals surface area contributed by atoms with Crippen LogP contribution in [0.5, 0.6) is 0 Å². The molecule has 0 aliphatic rings. The molecule has 0 saturated carbocycles. The van der Waals surface area contributed by atoms with Crippen molar-refractivity contribution >= 4 is 0 Å². The average Bonchev–Trinajstić information content (AvgIpc) is 1.93. The van der Waals surface area contributed by atoms with Gasteiger partial charge in [-0.2, -0.15) is 10.5 Å². The Kier molecular flexibility index (Phi) is 18.4. The second-order valence-corrected chi connectivity index (χ2v) is 1.82. The first-order chi connectivity index (χ1) is 4.83. The van der Waals surface area contributed by atoms with E-state index < -0.39 is 0 Å². The van der Waals surface area contributed by atoms with Crippen LogP contribution in [0.2, 0.25) is 0 Å². The molecule has 0 aromatic carbocycles. The molecule has 0 aromatic heterocycles. The third kappa shape index (κ3) is 28.1. The molecular formula is C8H14N2. The minimum absolute atomic E-state index is 0.694. The number of unbranched alkanes of at least 4 members (excludes halogenated alkanes) is 2. The fourth-order valence-corrected chi connectivity index (χ4v) is 0.224. The molecule has 0 spiro atoms. The smallest absolute Gasteiger partial charge is 0.0621 e. The summed E-state index contributed by atoms with van der Waals surface area (Å²) in [4.78, 5) is 0. The summed E-state index contributed by atoms with van der Waals surface area (Å²) in [5.41, 5.74) is 0. The van der Waals surface area contributed by atoms with Crippen molar-refractivity contribution in [1.82, 2.24) is 0 Å². The summed E-state index contributed by atoms with van der Waals surface area (Å²) >= 11 is 0. The topological polar surface area (TPSA) is 47.6 Å². The number of nitriles is 2. The van der Waals surface area contributed by atoms with Crippen molar-refractivity contribution in [2.24, 2.45) is 0 Å². The molecule has 0 rings (SSSR count). The molecule has 0 amide bonds. The predicted octanol–water partition coefficient (Wildman–Crippen LogP) is 2.62. The lowest BCUT2D eigenvalue weighted by Crippen LogP contribution is -1.53. The van der Waals surface area contributed by atoms with Crippen LogP contribution in [0.3, 0.4) is 0 Å². The molecule has 0 radical (unpaired) electrons. The van der Waals surface area contributed by atoms with E-state index in [0.29, 0.717) is 12.8 Å². The van der Waals surface area contributed by atoms with Crippen molar-refractivity contribution in [1.29, 1.82) is 10.5 Å². The van der Waals surface area contributed by atoms with Gasteiger partial charge in [-0.1, -0.05) is 13.8 Å². The fourth-order valence-electron chi connectivity index (χ4n) is 0.224. The second kappa shape index (κ2) is 15.7. The molecule has 0 heterocycles. The number of hydrogen-bond donors (Lipinski definition) is 0. The molecule has 0 atom stereocenters. The Morgan fingerprint density at radius 3 is 1.20 bits per heavy atom. The quantitative estimate of drug-likeness (QED) is 0.588. The predicted molar refractivity (Wildman–Crippen MR) is 41.0 cm³/mol. The van der Waals surface area contributed by atoms with E-state index in [1.807, 2.05) is 26.0 Å². The van der Waals surface area contributed by atoms with Crippen molar-refractivity contribution in [2.45, 2.75) is 39.5 Å². The zero-order valence-electron chi connectivity index (χ0n) is 6.72. The summed E-state index contributed by atoms with van der Waals surface area (Å²) in [6.07, 6.45) is 3.35. The highest BCUT2D eigenvalue weighted by atomic mass is 14.2. The molecule has 0 bridgehead atoms. The Balaban J connectivity index is 0. The highest BCUT2D eigenvalue weighted by Gasteiger charge is 1.65. The third-order valence-corrected chi connectivity index (χ3v) is 0.724. The maximum absolute atomic E-state index is 7.82. The van der Waals surface area contributed by atoms with Gasteiger partial charge in [0.1, 0.15) is 0 Å². The lowest BCUT2D eigenvalue weighted by Gasteiger charge is -1.65. The van der Waals surface area contributed by atoms with Crippen molar-refractivity contribution in [3.63, 3.8) is 0 Å². The van der Waals surface area contributed by atoms with E-state index in [0.717, 1.165) is 12.8 Å². The lowest BCUT2D eigenvalue weighted by atomic mass is 10.4. The summed E-state index contributed by atoms with van der Waals surface area (Å²) in [6, 6.07) is 4.03. The van der Waals surface area contributed by atoms with Crippen LogP contribution in [0.1, 0.15) is 39.5 Å². The van der Waals surface area contributed by atoms with Crippen LogP contribution in [0, 0.1) is 22.7 Å². The standard InChI is InChI=1S/2C4H7N/c2*1-2-3-4-5/h2*2-3H2,1H3. The highest BCUT2D eigenvalue weighted by molar-refractivity contribution is 4.65. The van der Waals surface area contributed by atoms with Crippen LogP contribution in [0.25, 0.3) is 0 Å². The molecule has 56 valence electrons. The lowest BCUT2D eigenvalue weighted by molar-refractivity contribution is 0.969. The number of rotatable bonds is 2. The Hall–Kier alpha value is -1.02. The summed E-state index contributed by atoms with van der Waals surface area (Å²) in [5, 5.41) is 15.6. The highest BCUT2D eigenvalue weighted by Crippen LogP contribution is 1.77. The van der Waals surface area contributed by atoms with E-state index in [-0.39, 0.29) is 0 Å². The van der Waals surface area contributed by atoms with Gasteiger partial charge in [0.25, 0.3) is 0 Å². The Bertz CT molecular complexity index is 100. The zero-order valence-corrected chi connectivity index (χ0v) is 6.72. The van der Waals surface area contributed by atoms with E-state index in [1.54, 1.807) is 0 Å². The van der Waals surface area contributed by atoms with Gasteiger partial charge < -0.3 is 0 Å². The maximum atomic E-state index is 7.82. The molecule has 0 aliphatic carbocycles. The summed E-state index contributed by atoms with van der Waals surface area (Å²) in [7, 11) is 0. The van der Waals surface area contributed by atoms with Crippen LogP contribution in [0.15, 0.2) is 0 Å². The first kappa shape index (κ1) is 11.7. The van der Waals surface area contributed by atoms with E-state index in [9.17, 15) is 0 Å². The monoisotopic (exact) mass is 138 g/mol. The van der Waals surface area contributed by atoms with Crippen molar-refractivity contribution in [2.75, 3.05) is 0 Å². The van der Waals surface area contributed by atoms with Gasteiger partial charge in [0.15, 0.2) is 0 Å². The van der Waals surface area contributed by atoms with Gasteiger partial charge in [-0.15, -0.1) is 0 Å². The number of hydrogen-bond acceptors (Lipinski definition) is 2. The van der Waals surface area contributed by atoms with E-state index in [1.165, 1.54) is 0 Å². The molecule has 0 saturated heterocycles. The van der Waals surface area contributed by atoms with E-state index in [4.69, 9.17) is 10.5 Å². The van der Waals surface area contributed by atoms with Crippen LogP contribution >= 0.6 is 0 Å². The minimum atomic E-state index is 0.694. The zero-order chi connectivity index (χ0) is 8.24. The van der Waals surface area contributed by atoms with E-state index >= 15 is 0 Å². The van der Waals surface area contributed by atoms with Crippen molar-refractivity contribution < 1.29 is 0 Å². The Morgan fingerprint density at radius 1 is 0.900 bits per heavy atom. The molecule has 0 aromatic rings.